The van der Waals surface area contributed by atoms with Crippen LogP contribution in [-0.2, 0) is 12.8 Å². The van der Waals surface area contributed by atoms with Gasteiger partial charge in [0, 0.05) is 0 Å². The maximum absolute atomic E-state index is 2.38. The fourth-order valence-electron chi connectivity index (χ4n) is 4.06. The van der Waals surface area contributed by atoms with Gasteiger partial charge in [-0.15, -0.1) is 0 Å². The van der Waals surface area contributed by atoms with Crippen LogP contribution in [0.4, 0.5) is 0 Å². The van der Waals surface area contributed by atoms with Crippen molar-refractivity contribution in [2.45, 2.75) is 53.4 Å². The van der Waals surface area contributed by atoms with Gasteiger partial charge in [-0.05, 0) is 88.6 Å². The second-order valence-electron chi connectivity index (χ2n) is 9.28. The van der Waals surface area contributed by atoms with Crippen molar-refractivity contribution in [3.8, 4) is 0 Å². The first-order valence-corrected chi connectivity index (χ1v) is 10.2. The van der Waals surface area contributed by atoms with Crippen molar-refractivity contribution in [3.05, 3.63) is 88.0 Å². The van der Waals surface area contributed by atoms with E-state index in [2.05, 4.69) is 88.4 Å². The topological polar surface area (TPSA) is 0 Å². The lowest BCUT2D eigenvalue weighted by Gasteiger charge is -2.19. The Morgan fingerprint density at radius 3 is 2.30 bits per heavy atom. The number of rotatable bonds is 4. The zero-order valence-corrected chi connectivity index (χ0v) is 17.1. The predicted octanol–water partition coefficient (Wildman–Crippen LogP) is 7.41. The van der Waals surface area contributed by atoms with E-state index in [9.17, 15) is 0 Å². The minimum atomic E-state index is 0.392. The van der Waals surface area contributed by atoms with Crippen molar-refractivity contribution in [1.82, 2.24) is 0 Å². The molecule has 0 saturated heterocycles. The van der Waals surface area contributed by atoms with E-state index >= 15 is 0 Å². The fourth-order valence-corrected chi connectivity index (χ4v) is 4.06. The highest BCUT2D eigenvalue weighted by molar-refractivity contribution is 5.87. The number of benzene rings is 2. The summed E-state index contributed by atoms with van der Waals surface area (Å²) < 4.78 is 0. The zero-order valence-electron chi connectivity index (χ0n) is 17.1. The van der Waals surface area contributed by atoms with E-state index < -0.39 is 0 Å². The second kappa shape index (κ2) is 7.00. The predicted molar refractivity (Wildman–Crippen MR) is 119 cm³/mol. The first-order chi connectivity index (χ1) is 12.9. The molecular formula is C27H30. The van der Waals surface area contributed by atoms with Crippen molar-refractivity contribution in [1.29, 1.82) is 0 Å². The Morgan fingerprint density at radius 1 is 0.889 bits per heavy atom. The van der Waals surface area contributed by atoms with Gasteiger partial charge in [0.1, 0.15) is 0 Å². The average Bonchev–Trinajstić information content (AvgIpc) is 3.28. The van der Waals surface area contributed by atoms with E-state index in [1.807, 2.05) is 0 Å². The summed E-state index contributed by atoms with van der Waals surface area (Å²) >= 11 is 0. The van der Waals surface area contributed by atoms with E-state index in [-0.39, 0.29) is 0 Å². The maximum Gasteiger partial charge on any atom is -0.00139 e. The molecule has 0 N–H and O–H groups in total. The van der Waals surface area contributed by atoms with Crippen molar-refractivity contribution in [2.24, 2.45) is 5.41 Å². The van der Waals surface area contributed by atoms with E-state index in [1.165, 1.54) is 57.4 Å². The third-order valence-electron chi connectivity index (χ3n) is 5.88. The summed E-state index contributed by atoms with van der Waals surface area (Å²) in [6.07, 6.45) is 13.6. The summed E-state index contributed by atoms with van der Waals surface area (Å²) in [6, 6.07) is 14.0. The van der Waals surface area contributed by atoms with Gasteiger partial charge < -0.3 is 0 Å². The van der Waals surface area contributed by atoms with Gasteiger partial charge >= 0.3 is 0 Å². The molecule has 0 heterocycles. The molecule has 0 bridgehead atoms. The second-order valence-corrected chi connectivity index (χ2v) is 9.28. The molecule has 0 aromatic heterocycles. The van der Waals surface area contributed by atoms with Gasteiger partial charge in [-0.25, -0.2) is 0 Å². The Balaban J connectivity index is 1.46. The SMILES string of the molecule is Cc1cc(C2=CC=C(c3ccc4c(c3)C=CC4)C2)ccc1CCC(C)(C)C. The first-order valence-electron chi connectivity index (χ1n) is 10.2. The normalized spacial score (nSPS) is 15.7. The number of hydrogen-bond acceptors (Lipinski definition) is 0. The van der Waals surface area contributed by atoms with Gasteiger partial charge in [0.05, 0.1) is 0 Å². The van der Waals surface area contributed by atoms with Crippen LogP contribution in [0.15, 0.2) is 54.6 Å². The molecule has 2 aromatic rings. The molecule has 0 saturated carbocycles. The summed E-state index contributed by atoms with van der Waals surface area (Å²) in [4.78, 5) is 0. The van der Waals surface area contributed by atoms with Gasteiger partial charge in [0.2, 0.25) is 0 Å². The third kappa shape index (κ3) is 4.00. The van der Waals surface area contributed by atoms with Crippen LogP contribution in [0.1, 0.15) is 67.0 Å². The Labute approximate surface area is 164 Å². The molecule has 2 aliphatic carbocycles. The number of allylic oxidation sites excluding steroid dienone is 5. The minimum Gasteiger partial charge on any atom is -0.0795 e. The van der Waals surface area contributed by atoms with Crippen LogP contribution >= 0.6 is 0 Å². The van der Waals surface area contributed by atoms with Gasteiger partial charge in [0.15, 0.2) is 0 Å². The third-order valence-corrected chi connectivity index (χ3v) is 5.88. The lowest BCUT2D eigenvalue weighted by Crippen LogP contribution is -2.07. The Hall–Kier alpha value is -2.34. The molecule has 27 heavy (non-hydrogen) atoms. The lowest BCUT2D eigenvalue weighted by molar-refractivity contribution is 0.378. The van der Waals surface area contributed by atoms with Crippen molar-refractivity contribution in [2.75, 3.05) is 0 Å². The quantitative estimate of drug-likeness (QED) is 0.536. The smallest absolute Gasteiger partial charge is 0.00139 e. The van der Waals surface area contributed by atoms with Crippen molar-refractivity contribution in [3.63, 3.8) is 0 Å². The number of aryl methyl sites for hydroxylation is 2. The molecule has 2 aliphatic rings. The zero-order chi connectivity index (χ0) is 19.0. The van der Waals surface area contributed by atoms with Crippen LogP contribution in [-0.4, -0.2) is 0 Å². The molecule has 0 amide bonds. The lowest BCUT2D eigenvalue weighted by atomic mass is 9.87. The first kappa shape index (κ1) is 18.0. The van der Waals surface area contributed by atoms with Crippen molar-refractivity contribution >= 4 is 17.2 Å². The summed E-state index contributed by atoms with van der Waals surface area (Å²) in [6.45, 7) is 9.23. The van der Waals surface area contributed by atoms with E-state index in [1.54, 1.807) is 0 Å². The van der Waals surface area contributed by atoms with Crippen LogP contribution in [0.2, 0.25) is 0 Å². The highest BCUT2D eigenvalue weighted by Gasteiger charge is 2.16. The molecule has 0 fully saturated rings. The van der Waals surface area contributed by atoms with E-state index in [0.29, 0.717) is 5.41 Å². The minimum absolute atomic E-state index is 0.392. The monoisotopic (exact) mass is 354 g/mol. The molecule has 0 atom stereocenters. The van der Waals surface area contributed by atoms with E-state index in [0.717, 1.165) is 12.8 Å². The van der Waals surface area contributed by atoms with E-state index in [4.69, 9.17) is 0 Å². The summed E-state index contributed by atoms with van der Waals surface area (Å²) in [7, 11) is 0. The Bertz CT molecular complexity index is 958. The molecular weight excluding hydrogens is 324 g/mol. The van der Waals surface area contributed by atoms with Crippen LogP contribution in [0.5, 0.6) is 0 Å². The molecule has 4 rings (SSSR count). The molecule has 0 radical (unpaired) electrons. The molecule has 0 heteroatoms. The highest BCUT2D eigenvalue weighted by atomic mass is 14.2. The van der Waals surface area contributed by atoms with Gasteiger partial charge in [-0.1, -0.05) is 75.4 Å². The van der Waals surface area contributed by atoms with Crippen molar-refractivity contribution < 1.29 is 0 Å². The molecule has 0 aliphatic heterocycles. The summed E-state index contributed by atoms with van der Waals surface area (Å²) in [5, 5.41) is 0. The largest absolute Gasteiger partial charge is 0.0795 e. The molecule has 138 valence electrons. The molecule has 0 spiro atoms. The van der Waals surface area contributed by atoms with Gasteiger partial charge in [-0.2, -0.15) is 0 Å². The Kier molecular flexibility index (Phi) is 4.68. The molecule has 0 unspecified atom stereocenters. The van der Waals surface area contributed by atoms with Gasteiger partial charge in [-0.3, -0.25) is 0 Å². The van der Waals surface area contributed by atoms with Crippen LogP contribution < -0.4 is 0 Å². The van der Waals surface area contributed by atoms with Crippen LogP contribution in [0, 0.1) is 12.3 Å². The summed E-state index contributed by atoms with van der Waals surface area (Å²) in [5.74, 6) is 0. The number of hydrogen-bond donors (Lipinski definition) is 0. The Morgan fingerprint density at radius 2 is 1.59 bits per heavy atom. The maximum atomic E-state index is 2.38. The highest BCUT2D eigenvalue weighted by Crippen LogP contribution is 2.36. The number of fused-ring (bicyclic) bond motifs is 1. The molecule has 2 aromatic carbocycles. The molecule has 0 nitrogen and oxygen atoms in total. The average molecular weight is 355 g/mol. The fraction of sp³-hybridized carbons (Fsp3) is 0.333. The summed E-state index contributed by atoms with van der Waals surface area (Å²) in [5.41, 5.74) is 11.8. The van der Waals surface area contributed by atoms with Gasteiger partial charge in [0.25, 0.3) is 0 Å². The van der Waals surface area contributed by atoms with Crippen LogP contribution in [0.25, 0.3) is 17.2 Å². The van der Waals surface area contributed by atoms with Crippen LogP contribution in [0.3, 0.4) is 0 Å². The standard InChI is InChI=1S/C27H30/c1-19-16-23(10-8-20(19)14-15-27(2,3)4)24-12-13-26(18-24)25-11-9-21-6-5-7-22(21)17-25/h5,7-13,16-17H,6,14-15,18H2,1-4H3.